The first kappa shape index (κ1) is 9.50. The van der Waals surface area contributed by atoms with Gasteiger partial charge in [-0.3, -0.25) is 0 Å². The van der Waals surface area contributed by atoms with Crippen molar-refractivity contribution in [1.29, 1.82) is 0 Å². The van der Waals surface area contributed by atoms with Crippen molar-refractivity contribution in [3.8, 4) is 0 Å². The third-order valence-corrected chi connectivity index (χ3v) is 3.36. The van der Waals surface area contributed by atoms with Crippen molar-refractivity contribution in [3.05, 3.63) is 11.1 Å². The molecule has 1 aliphatic carbocycles. The number of carbonyl (C=O) groups is 1. The molecule has 12 heavy (non-hydrogen) atoms. The first-order chi connectivity index (χ1) is 5.60. The molecule has 0 fully saturated rings. The molecule has 1 atom stereocenters. The highest BCUT2D eigenvalue weighted by Gasteiger charge is 2.29. The molecule has 0 saturated heterocycles. The summed E-state index contributed by atoms with van der Waals surface area (Å²) in [5, 5.41) is 0. The summed E-state index contributed by atoms with van der Waals surface area (Å²) in [5.74, 6) is 0. The molecule has 0 bridgehead atoms. The first-order valence-corrected chi connectivity index (χ1v) is 4.70. The maximum Gasteiger partial charge on any atom is 0.120 e. The minimum absolute atomic E-state index is 0.171. The number of allylic oxidation sites excluding steroid dienone is 2. The van der Waals surface area contributed by atoms with Gasteiger partial charge in [-0.2, -0.15) is 0 Å². The molecule has 0 saturated carbocycles. The Morgan fingerprint density at radius 2 is 2.17 bits per heavy atom. The summed E-state index contributed by atoms with van der Waals surface area (Å²) in [6, 6.07) is 0. The number of hydrogen-bond acceptors (Lipinski definition) is 1. The van der Waals surface area contributed by atoms with Crippen LogP contribution in [0.5, 0.6) is 0 Å². The van der Waals surface area contributed by atoms with E-state index in [1.54, 1.807) is 0 Å². The van der Waals surface area contributed by atoms with Gasteiger partial charge in [-0.25, -0.2) is 0 Å². The van der Waals surface area contributed by atoms with E-state index >= 15 is 0 Å². The maximum absolute atomic E-state index is 10.5. The zero-order valence-electron chi connectivity index (χ0n) is 8.31. The topological polar surface area (TPSA) is 17.1 Å². The molecular weight excluding hydrogens is 148 g/mol. The van der Waals surface area contributed by atoms with Crippen LogP contribution in [0.25, 0.3) is 0 Å². The van der Waals surface area contributed by atoms with Gasteiger partial charge in [0.15, 0.2) is 0 Å². The second kappa shape index (κ2) is 3.42. The Kier molecular flexibility index (Phi) is 2.71. The van der Waals surface area contributed by atoms with E-state index in [-0.39, 0.29) is 5.41 Å². The second-order valence-electron chi connectivity index (χ2n) is 4.19. The highest BCUT2D eigenvalue weighted by molar-refractivity contribution is 5.52. The molecule has 0 spiro atoms. The van der Waals surface area contributed by atoms with E-state index in [4.69, 9.17) is 0 Å². The lowest BCUT2D eigenvalue weighted by molar-refractivity contribution is -0.109. The van der Waals surface area contributed by atoms with E-state index in [1.165, 1.54) is 30.4 Å². The van der Waals surface area contributed by atoms with Crippen LogP contribution >= 0.6 is 0 Å². The maximum atomic E-state index is 10.5. The average Bonchev–Trinajstić information content (AvgIpc) is 2.01. The van der Waals surface area contributed by atoms with E-state index < -0.39 is 0 Å². The highest BCUT2D eigenvalue weighted by Crippen LogP contribution is 2.41. The zero-order valence-corrected chi connectivity index (χ0v) is 8.31. The third kappa shape index (κ3) is 1.60. The van der Waals surface area contributed by atoms with Crippen molar-refractivity contribution < 1.29 is 4.79 Å². The molecule has 0 aromatic heterocycles. The SMILES string of the molecule is CC1=C(C)C(C)(CC=O)CCC1. The number of hydrogen-bond donors (Lipinski definition) is 0. The minimum atomic E-state index is 0.171. The lowest BCUT2D eigenvalue weighted by Crippen LogP contribution is -2.22. The quantitative estimate of drug-likeness (QED) is 0.455. The third-order valence-electron chi connectivity index (χ3n) is 3.36. The lowest BCUT2D eigenvalue weighted by Gasteiger charge is -2.34. The molecule has 0 aliphatic heterocycles. The molecule has 0 amide bonds. The van der Waals surface area contributed by atoms with Crippen LogP contribution < -0.4 is 0 Å². The van der Waals surface area contributed by atoms with Crippen LogP contribution in [0, 0.1) is 5.41 Å². The van der Waals surface area contributed by atoms with Crippen LogP contribution in [-0.4, -0.2) is 6.29 Å². The van der Waals surface area contributed by atoms with Gasteiger partial charge in [-0.15, -0.1) is 0 Å². The summed E-state index contributed by atoms with van der Waals surface area (Å²) in [4.78, 5) is 10.5. The fraction of sp³-hybridized carbons (Fsp3) is 0.727. The minimum Gasteiger partial charge on any atom is -0.303 e. The molecule has 0 radical (unpaired) electrons. The molecule has 1 aliphatic rings. The normalized spacial score (nSPS) is 30.6. The largest absolute Gasteiger partial charge is 0.303 e. The van der Waals surface area contributed by atoms with E-state index in [1.807, 2.05) is 0 Å². The number of aldehydes is 1. The van der Waals surface area contributed by atoms with Crippen LogP contribution in [0.2, 0.25) is 0 Å². The monoisotopic (exact) mass is 166 g/mol. The zero-order chi connectivity index (χ0) is 9.19. The fourth-order valence-corrected chi connectivity index (χ4v) is 2.07. The van der Waals surface area contributed by atoms with Crippen molar-refractivity contribution >= 4 is 6.29 Å². The fourth-order valence-electron chi connectivity index (χ4n) is 2.07. The molecule has 1 unspecified atom stereocenters. The molecule has 1 heteroatoms. The number of carbonyl (C=O) groups excluding carboxylic acids is 1. The Labute approximate surface area is 74.9 Å². The van der Waals surface area contributed by atoms with E-state index in [9.17, 15) is 4.79 Å². The summed E-state index contributed by atoms with van der Waals surface area (Å²) in [5.41, 5.74) is 3.11. The van der Waals surface area contributed by atoms with Crippen molar-refractivity contribution in [3.63, 3.8) is 0 Å². The highest BCUT2D eigenvalue weighted by atomic mass is 16.1. The second-order valence-corrected chi connectivity index (χ2v) is 4.19. The Morgan fingerprint density at radius 3 is 2.75 bits per heavy atom. The van der Waals surface area contributed by atoms with Crippen LogP contribution in [0.4, 0.5) is 0 Å². The van der Waals surface area contributed by atoms with Gasteiger partial charge in [-0.1, -0.05) is 18.1 Å². The molecule has 0 N–H and O–H groups in total. The van der Waals surface area contributed by atoms with Gasteiger partial charge in [0.25, 0.3) is 0 Å². The summed E-state index contributed by atoms with van der Waals surface area (Å²) in [6.45, 7) is 6.58. The predicted molar refractivity (Wildman–Crippen MR) is 51.0 cm³/mol. The van der Waals surface area contributed by atoms with E-state index in [0.717, 1.165) is 6.29 Å². The van der Waals surface area contributed by atoms with E-state index in [0.29, 0.717) is 6.42 Å². The predicted octanol–water partition coefficient (Wildman–Crippen LogP) is 3.10. The summed E-state index contributed by atoms with van der Waals surface area (Å²) >= 11 is 0. The van der Waals surface area contributed by atoms with Crippen LogP contribution in [0.1, 0.15) is 46.5 Å². The molecule has 0 aromatic carbocycles. The smallest absolute Gasteiger partial charge is 0.120 e. The summed E-state index contributed by atoms with van der Waals surface area (Å²) in [7, 11) is 0. The lowest BCUT2D eigenvalue weighted by atomic mass is 9.70. The van der Waals surface area contributed by atoms with Gasteiger partial charge in [-0.05, 0) is 38.5 Å². The summed E-state index contributed by atoms with van der Waals surface area (Å²) in [6.07, 6.45) is 5.39. The molecule has 1 rings (SSSR count). The van der Waals surface area contributed by atoms with Gasteiger partial charge >= 0.3 is 0 Å². The van der Waals surface area contributed by atoms with Crippen molar-refractivity contribution in [2.75, 3.05) is 0 Å². The van der Waals surface area contributed by atoms with Gasteiger partial charge in [0.05, 0.1) is 0 Å². The molecule has 1 nitrogen and oxygen atoms in total. The van der Waals surface area contributed by atoms with Crippen LogP contribution in [0.15, 0.2) is 11.1 Å². The summed E-state index contributed by atoms with van der Waals surface area (Å²) < 4.78 is 0. The Balaban J connectivity index is 2.89. The van der Waals surface area contributed by atoms with Gasteiger partial charge in [0.1, 0.15) is 6.29 Å². The first-order valence-electron chi connectivity index (χ1n) is 4.70. The van der Waals surface area contributed by atoms with Gasteiger partial charge in [0.2, 0.25) is 0 Å². The Bertz CT molecular complexity index is 215. The molecule has 0 aromatic rings. The van der Waals surface area contributed by atoms with Crippen molar-refractivity contribution in [1.82, 2.24) is 0 Å². The standard InChI is InChI=1S/C11H18O/c1-9-5-4-6-11(3,7-8-12)10(9)2/h8H,4-7H2,1-3H3. The Hall–Kier alpha value is -0.590. The molecule has 68 valence electrons. The van der Waals surface area contributed by atoms with Crippen LogP contribution in [0.3, 0.4) is 0 Å². The van der Waals surface area contributed by atoms with Crippen molar-refractivity contribution in [2.24, 2.45) is 5.41 Å². The number of rotatable bonds is 2. The van der Waals surface area contributed by atoms with Gasteiger partial charge in [0, 0.05) is 6.42 Å². The van der Waals surface area contributed by atoms with Crippen LogP contribution in [-0.2, 0) is 4.79 Å². The average molecular weight is 166 g/mol. The van der Waals surface area contributed by atoms with Crippen molar-refractivity contribution in [2.45, 2.75) is 46.5 Å². The van der Waals surface area contributed by atoms with E-state index in [2.05, 4.69) is 20.8 Å². The van der Waals surface area contributed by atoms with Gasteiger partial charge < -0.3 is 4.79 Å². The molecule has 0 heterocycles. The molecular formula is C11H18O. The Morgan fingerprint density at radius 1 is 1.50 bits per heavy atom.